The van der Waals surface area contributed by atoms with Crippen molar-refractivity contribution in [3.05, 3.63) is 78.1 Å². The second-order valence-electron chi connectivity index (χ2n) is 6.10. The van der Waals surface area contributed by atoms with E-state index in [1.807, 2.05) is 6.92 Å². The number of carboxylic acids is 1. The summed E-state index contributed by atoms with van der Waals surface area (Å²) >= 11 is 0. The van der Waals surface area contributed by atoms with Crippen LogP contribution in [0.4, 0.5) is 0 Å². The zero-order valence-electron chi connectivity index (χ0n) is 16.0. The first kappa shape index (κ1) is 20.0. The Kier molecular flexibility index (Phi) is 6.55. The minimum atomic E-state index is -1.06. The number of hydrogen-bond acceptors (Lipinski definition) is 6. The SMILES string of the molecule is COC/C=C(/C(=O)O)c1ccccc1Oc1cccc(Oc2ncc(C)cn2)c1. The molecule has 29 heavy (non-hydrogen) atoms. The molecule has 0 saturated heterocycles. The van der Waals surface area contributed by atoms with Crippen LogP contribution < -0.4 is 9.47 Å². The molecule has 1 heterocycles. The van der Waals surface area contributed by atoms with Gasteiger partial charge < -0.3 is 19.3 Å². The Hall–Kier alpha value is -3.71. The fraction of sp³-hybridized carbons (Fsp3) is 0.136. The van der Waals surface area contributed by atoms with Crippen LogP contribution in [0.5, 0.6) is 23.3 Å². The highest BCUT2D eigenvalue weighted by atomic mass is 16.5. The first-order chi connectivity index (χ1) is 14.1. The van der Waals surface area contributed by atoms with Crippen LogP contribution in [0.2, 0.25) is 0 Å². The standard InChI is InChI=1S/C22H20N2O5/c1-15-13-23-22(24-14-15)29-17-7-5-6-16(12-17)28-20-9-4-3-8-18(20)19(21(25)26)10-11-27-2/h3-10,12-14H,11H2,1-2H3,(H,25,26)/b19-10+. The van der Waals surface area contributed by atoms with Gasteiger partial charge in [0.15, 0.2) is 0 Å². The number of aryl methyl sites for hydroxylation is 1. The molecule has 0 aliphatic rings. The van der Waals surface area contributed by atoms with E-state index >= 15 is 0 Å². The maximum atomic E-state index is 11.7. The van der Waals surface area contributed by atoms with Crippen molar-refractivity contribution in [1.82, 2.24) is 9.97 Å². The van der Waals surface area contributed by atoms with Gasteiger partial charge in [0.2, 0.25) is 0 Å². The van der Waals surface area contributed by atoms with Gasteiger partial charge in [0, 0.05) is 31.1 Å². The van der Waals surface area contributed by atoms with Gasteiger partial charge in [0.1, 0.15) is 17.2 Å². The smallest absolute Gasteiger partial charge is 0.336 e. The predicted molar refractivity (Wildman–Crippen MR) is 107 cm³/mol. The molecule has 148 valence electrons. The first-order valence-electron chi connectivity index (χ1n) is 8.83. The molecule has 0 aliphatic carbocycles. The van der Waals surface area contributed by atoms with Gasteiger partial charge in [-0.1, -0.05) is 24.3 Å². The largest absolute Gasteiger partial charge is 0.478 e. The van der Waals surface area contributed by atoms with E-state index in [1.165, 1.54) is 13.2 Å². The number of benzene rings is 2. The fourth-order valence-electron chi connectivity index (χ4n) is 2.52. The molecule has 0 unspecified atom stereocenters. The van der Waals surface area contributed by atoms with E-state index in [9.17, 15) is 9.90 Å². The molecule has 0 bridgehead atoms. The van der Waals surface area contributed by atoms with E-state index in [-0.39, 0.29) is 18.2 Å². The van der Waals surface area contributed by atoms with Crippen LogP contribution in [0.1, 0.15) is 11.1 Å². The van der Waals surface area contributed by atoms with Crippen molar-refractivity contribution in [2.75, 3.05) is 13.7 Å². The lowest BCUT2D eigenvalue weighted by molar-refractivity contribution is -0.130. The molecule has 3 rings (SSSR count). The molecule has 7 nitrogen and oxygen atoms in total. The number of ether oxygens (including phenoxy) is 3. The summed E-state index contributed by atoms with van der Waals surface area (Å²) in [5, 5.41) is 9.56. The quantitative estimate of drug-likeness (QED) is 0.565. The minimum absolute atomic E-state index is 0.0999. The van der Waals surface area contributed by atoms with Crippen molar-refractivity contribution in [2.45, 2.75) is 6.92 Å². The molecule has 3 aromatic rings. The van der Waals surface area contributed by atoms with E-state index in [2.05, 4.69) is 9.97 Å². The van der Waals surface area contributed by atoms with Crippen molar-refractivity contribution >= 4 is 11.5 Å². The summed E-state index contributed by atoms with van der Waals surface area (Å²) in [6.07, 6.45) is 4.83. The first-order valence-corrected chi connectivity index (χ1v) is 8.83. The van der Waals surface area contributed by atoms with E-state index in [4.69, 9.17) is 14.2 Å². The number of carbonyl (C=O) groups is 1. The highest BCUT2D eigenvalue weighted by molar-refractivity contribution is 6.16. The second-order valence-corrected chi connectivity index (χ2v) is 6.10. The Bertz CT molecular complexity index is 1020. The number of methoxy groups -OCH3 is 1. The maximum Gasteiger partial charge on any atom is 0.336 e. The van der Waals surface area contributed by atoms with Gasteiger partial charge in [-0.25, -0.2) is 14.8 Å². The van der Waals surface area contributed by atoms with Crippen LogP contribution in [-0.4, -0.2) is 34.8 Å². The predicted octanol–water partition coefficient (Wildman–Crippen LogP) is 4.48. The van der Waals surface area contributed by atoms with Crippen LogP contribution in [-0.2, 0) is 9.53 Å². The Balaban J connectivity index is 1.85. The molecule has 0 saturated carbocycles. The molecule has 2 aromatic carbocycles. The molecule has 0 radical (unpaired) electrons. The number of aliphatic carboxylic acids is 1. The molecule has 1 aromatic heterocycles. The van der Waals surface area contributed by atoms with E-state index < -0.39 is 5.97 Å². The van der Waals surface area contributed by atoms with Crippen molar-refractivity contribution in [3.8, 4) is 23.3 Å². The maximum absolute atomic E-state index is 11.7. The van der Waals surface area contributed by atoms with Crippen LogP contribution in [0.15, 0.2) is 67.0 Å². The van der Waals surface area contributed by atoms with E-state index in [0.29, 0.717) is 22.8 Å². The number of nitrogens with zero attached hydrogens (tertiary/aromatic N) is 2. The molecule has 0 amide bonds. The summed E-state index contributed by atoms with van der Waals surface area (Å²) in [6, 6.07) is 14.1. The van der Waals surface area contributed by atoms with Gasteiger partial charge in [-0.05, 0) is 36.8 Å². The zero-order valence-corrected chi connectivity index (χ0v) is 16.0. The zero-order chi connectivity index (χ0) is 20.6. The van der Waals surface area contributed by atoms with Crippen molar-refractivity contribution in [2.24, 2.45) is 0 Å². The third-order valence-electron chi connectivity index (χ3n) is 3.86. The Labute approximate surface area is 168 Å². The second kappa shape index (κ2) is 9.48. The lowest BCUT2D eigenvalue weighted by Gasteiger charge is -2.13. The van der Waals surface area contributed by atoms with Crippen molar-refractivity contribution < 1.29 is 24.1 Å². The lowest BCUT2D eigenvalue weighted by Crippen LogP contribution is -2.03. The number of hydrogen-bond donors (Lipinski definition) is 1. The lowest BCUT2D eigenvalue weighted by atomic mass is 10.0. The average molecular weight is 392 g/mol. The van der Waals surface area contributed by atoms with Crippen molar-refractivity contribution in [1.29, 1.82) is 0 Å². The highest BCUT2D eigenvalue weighted by Gasteiger charge is 2.16. The molecule has 0 aliphatic heterocycles. The Morgan fingerprint density at radius 2 is 1.72 bits per heavy atom. The van der Waals surface area contributed by atoms with Crippen molar-refractivity contribution in [3.63, 3.8) is 0 Å². The highest BCUT2D eigenvalue weighted by Crippen LogP contribution is 2.32. The van der Waals surface area contributed by atoms with Crippen LogP contribution in [0.3, 0.4) is 0 Å². The van der Waals surface area contributed by atoms with E-state index in [0.717, 1.165) is 5.56 Å². The normalized spacial score (nSPS) is 11.2. The van der Waals surface area contributed by atoms with Gasteiger partial charge in [-0.2, -0.15) is 0 Å². The summed E-state index contributed by atoms with van der Waals surface area (Å²) in [5.74, 6) is 0.323. The van der Waals surface area contributed by atoms with Gasteiger partial charge >= 0.3 is 12.0 Å². The molecular formula is C22H20N2O5. The fourth-order valence-corrected chi connectivity index (χ4v) is 2.52. The summed E-state index contributed by atoms with van der Waals surface area (Å²) in [6.45, 7) is 2.07. The third kappa shape index (κ3) is 5.40. The minimum Gasteiger partial charge on any atom is -0.478 e. The monoisotopic (exact) mass is 392 g/mol. The topological polar surface area (TPSA) is 90.8 Å². The number of aromatic nitrogens is 2. The summed E-state index contributed by atoms with van der Waals surface area (Å²) in [5.41, 5.74) is 1.48. The summed E-state index contributed by atoms with van der Waals surface area (Å²) in [7, 11) is 1.50. The van der Waals surface area contributed by atoms with Gasteiger partial charge in [0.05, 0.1) is 12.2 Å². The molecule has 0 spiro atoms. The third-order valence-corrected chi connectivity index (χ3v) is 3.86. The van der Waals surface area contributed by atoms with Crippen LogP contribution >= 0.6 is 0 Å². The van der Waals surface area contributed by atoms with Gasteiger partial charge in [-0.15, -0.1) is 0 Å². The number of rotatable bonds is 8. The summed E-state index contributed by atoms with van der Waals surface area (Å²) in [4.78, 5) is 19.9. The number of carboxylic acid groups (broad SMARTS) is 1. The molecule has 0 fully saturated rings. The Morgan fingerprint density at radius 3 is 2.41 bits per heavy atom. The van der Waals surface area contributed by atoms with Gasteiger partial charge in [0.25, 0.3) is 0 Å². The van der Waals surface area contributed by atoms with Gasteiger partial charge in [-0.3, -0.25) is 0 Å². The van der Waals surface area contributed by atoms with E-state index in [1.54, 1.807) is 60.9 Å². The number of para-hydroxylation sites is 1. The summed E-state index contributed by atoms with van der Waals surface area (Å²) < 4.78 is 16.6. The molecule has 7 heteroatoms. The van der Waals surface area contributed by atoms with Crippen LogP contribution in [0, 0.1) is 6.92 Å². The van der Waals surface area contributed by atoms with Crippen LogP contribution in [0.25, 0.3) is 5.57 Å². The molecule has 1 N–H and O–H groups in total. The Morgan fingerprint density at radius 1 is 1.03 bits per heavy atom. The molecule has 0 atom stereocenters. The average Bonchev–Trinajstić information content (AvgIpc) is 2.71. The molecular weight excluding hydrogens is 372 g/mol.